The maximum absolute atomic E-state index is 11.5. The monoisotopic (exact) mass is 112 g/mol. The van der Waals surface area contributed by atoms with Gasteiger partial charge in [-0.05, 0) is 0 Å². The van der Waals surface area contributed by atoms with Gasteiger partial charge >= 0.3 is 0 Å². The molecule has 3 heteroatoms. The van der Waals surface area contributed by atoms with Crippen molar-refractivity contribution < 1.29 is 13.2 Å². The van der Waals surface area contributed by atoms with Crippen LogP contribution in [0, 0.1) is 0 Å². The lowest BCUT2D eigenvalue weighted by atomic mass is 10.3. The average Bonchev–Trinajstić information content (AvgIpc) is 1.68. The minimum atomic E-state index is -3.08. The Morgan fingerprint density at radius 1 is 1.43 bits per heavy atom. The Bertz CT molecular complexity index is 44.9. The first-order chi connectivity index (χ1) is 3.12. The second-order valence-electron chi connectivity index (χ2n) is 1.34. The predicted octanol–water partition coefficient (Wildman–Crippen LogP) is 2.00. The van der Waals surface area contributed by atoms with Gasteiger partial charge in [-0.15, -0.1) is 0 Å². The molecule has 0 amide bonds. The quantitative estimate of drug-likeness (QED) is 0.512. The van der Waals surface area contributed by atoms with E-state index in [2.05, 4.69) is 0 Å². The minimum Gasteiger partial charge on any atom is -0.244 e. The molecule has 0 spiro atoms. The van der Waals surface area contributed by atoms with Crippen molar-refractivity contribution in [3.05, 3.63) is 0 Å². The number of hydrogen-bond acceptors (Lipinski definition) is 0. The minimum absolute atomic E-state index is 0.413. The zero-order valence-corrected chi connectivity index (χ0v) is 4.05. The van der Waals surface area contributed by atoms with Crippen molar-refractivity contribution in [2.75, 3.05) is 6.67 Å². The van der Waals surface area contributed by atoms with Crippen molar-refractivity contribution in [3.8, 4) is 0 Å². The lowest BCUT2D eigenvalue weighted by Crippen LogP contribution is -2.16. The van der Waals surface area contributed by atoms with E-state index in [1.807, 2.05) is 0 Å². The summed E-state index contributed by atoms with van der Waals surface area (Å²) < 4.78 is 34.0. The number of halogens is 3. The molecule has 0 atom stereocenters. The first-order valence-corrected chi connectivity index (χ1v) is 2.06. The van der Waals surface area contributed by atoms with Crippen LogP contribution in [-0.4, -0.2) is 12.6 Å². The summed E-state index contributed by atoms with van der Waals surface area (Å²) in [6.07, 6.45) is -0.413. The van der Waals surface area contributed by atoms with Crippen LogP contribution in [0.3, 0.4) is 0 Å². The molecule has 0 unspecified atom stereocenters. The van der Waals surface area contributed by atoms with E-state index in [-0.39, 0.29) is 0 Å². The van der Waals surface area contributed by atoms with Crippen molar-refractivity contribution >= 4 is 0 Å². The molecule has 0 fully saturated rings. The van der Waals surface area contributed by atoms with E-state index in [0.717, 1.165) is 0 Å². The molecule has 0 aliphatic carbocycles. The van der Waals surface area contributed by atoms with E-state index >= 15 is 0 Å². The van der Waals surface area contributed by atoms with Crippen LogP contribution < -0.4 is 0 Å². The van der Waals surface area contributed by atoms with Crippen molar-refractivity contribution in [3.63, 3.8) is 0 Å². The molecule has 0 aromatic rings. The van der Waals surface area contributed by atoms with Crippen LogP contribution in [0.2, 0.25) is 0 Å². The van der Waals surface area contributed by atoms with Crippen molar-refractivity contribution in [1.29, 1.82) is 0 Å². The third-order valence-corrected chi connectivity index (χ3v) is 0.713. The van der Waals surface area contributed by atoms with Crippen molar-refractivity contribution in [2.24, 2.45) is 0 Å². The van der Waals surface area contributed by atoms with Gasteiger partial charge in [0.25, 0.3) is 5.92 Å². The van der Waals surface area contributed by atoms with Gasteiger partial charge in [0, 0.05) is 6.42 Å². The Kier molecular flexibility index (Phi) is 2.12. The average molecular weight is 112 g/mol. The lowest BCUT2D eigenvalue weighted by molar-refractivity contribution is -0.0255. The van der Waals surface area contributed by atoms with Gasteiger partial charge in [0.1, 0.15) is 0 Å². The molecular formula is C4H7F3. The van der Waals surface area contributed by atoms with Gasteiger partial charge in [-0.2, -0.15) is 0 Å². The van der Waals surface area contributed by atoms with Crippen LogP contribution in [0.25, 0.3) is 0 Å². The van der Waals surface area contributed by atoms with Crippen molar-refractivity contribution in [1.82, 2.24) is 0 Å². The maximum atomic E-state index is 11.5. The molecule has 0 heterocycles. The molecule has 0 N–H and O–H groups in total. The summed E-state index contributed by atoms with van der Waals surface area (Å²) in [6.45, 7) is -0.289. The molecule has 7 heavy (non-hydrogen) atoms. The maximum Gasteiger partial charge on any atom is 0.275 e. The van der Waals surface area contributed by atoms with Gasteiger partial charge in [0.2, 0.25) is 0 Å². The van der Waals surface area contributed by atoms with Gasteiger partial charge in [0.05, 0.1) is 0 Å². The molecule has 0 nitrogen and oxygen atoms in total. The highest BCUT2D eigenvalue weighted by Gasteiger charge is 2.24. The van der Waals surface area contributed by atoms with E-state index in [9.17, 15) is 13.2 Å². The molecular weight excluding hydrogens is 105 g/mol. The second kappa shape index (κ2) is 2.19. The van der Waals surface area contributed by atoms with Gasteiger partial charge in [0.15, 0.2) is 6.67 Å². The first kappa shape index (κ1) is 6.79. The zero-order chi connectivity index (χ0) is 5.91. The largest absolute Gasteiger partial charge is 0.275 e. The number of rotatable bonds is 2. The van der Waals surface area contributed by atoms with E-state index < -0.39 is 19.0 Å². The first-order valence-electron chi connectivity index (χ1n) is 2.06. The number of alkyl halides is 3. The molecule has 0 aliphatic rings. The Hall–Kier alpha value is -0.210. The molecule has 0 aliphatic heterocycles. The highest BCUT2D eigenvalue weighted by Crippen LogP contribution is 2.16. The van der Waals surface area contributed by atoms with Crippen LogP contribution in [0.4, 0.5) is 13.2 Å². The molecule has 0 aromatic heterocycles. The fraction of sp³-hybridized carbons (Fsp3) is 1.00. The Labute approximate surface area is 40.3 Å². The van der Waals surface area contributed by atoms with Gasteiger partial charge in [-0.3, -0.25) is 0 Å². The fourth-order valence-electron chi connectivity index (χ4n) is 0.0945. The van der Waals surface area contributed by atoms with Crippen LogP contribution in [0.15, 0.2) is 0 Å². The standard InChI is InChI=1S/C4H7F3/c1-2-4(6,7)3-5/h2-3H2,1H3. The summed E-state index contributed by atoms with van der Waals surface area (Å²) in [4.78, 5) is 0. The molecule has 0 radical (unpaired) electrons. The van der Waals surface area contributed by atoms with E-state index in [1.165, 1.54) is 6.92 Å². The van der Waals surface area contributed by atoms with Gasteiger partial charge < -0.3 is 0 Å². The van der Waals surface area contributed by atoms with Gasteiger partial charge in [-0.1, -0.05) is 6.92 Å². The second-order valence-corrected chi connectivity index (χ2v) is 1.34. The summed E-state index contributed by atoms with van der Waals surface area (Å²) in [6, 6.07) is 0. The topological polar surface area (TPSA) is 0 Å². The highest BCUT2D eigenvalue weighted by atomic mass is 19.3. The Balaban J connectivity index is 3.36. The Morgan fingerprint density at radius 3 is 1.86 bits per heavy atom. The summed E-state index contributed by atoms with van der Waals surface area (Å²) in [5.74, 6) is -3.08. The molecule has 0 saturated carbocycles. The van der Waals surface area contributed by atoms with Crippen molar-refractivity contribution in [2.45, 2.75) is 19.3 Å². The smallest absolute Gasteiger partial charge is 0.244 e. The van der Waals surface area contributed by atoms with Gasteiger partial charge in [-0.25, -0.2) is 13.2 Å². The van der Waals surface area contributed by atoms with Crippen LogP contribution in [0.1, 0.15) is 13.3 Å². The molecule has 0 saturated heterocycles. The SMILES string of the molecule is CCC(F)(F)CF. The summed E-state index contributed by atoms with van der Waals surface area (Å²) in [7, 11) is 0. The Morgan fingerprint density at radius 2 is 1.86 bits per heavy atom. The molecule has 0 aromatic carbocycles. The molecule has 0 rings (SSSR count). The summed E-state index contributed by atoms with van der Waals surface area (Å²) in [5.41, 5.74) is 0. The van der Waals surface area contributed by atoms with Crippen LogP contribution in [-0.2, 0) is 0 Å². The van der Waals surface area contributed by atoms with E-state index in [0.29, 0.717) is 0 Å². The summed E-state index contributed by atoms with van der Waals surface area (Å²) in [5, 5.41) is 0. The highest BCUT2D eigenvalue weighted by molar-refractivity contribution is 4.58. The predicted molar refractivity (Wildman–Crippen MR) is 21.2 cm³/mol. The summed E-state index contributed by atoms with van der Waals surface area (Å²) >= 11 is 0. The van der Waals surface area contributed by atoms with Crippen LogP contribution >= 0.6 is 0 Å². The fourth-order valence-corrected chi connectivity index (χ4v) is 0.0945. The molecule has 44 valence electrons. The third kappa shape index (κ3) is 2.48. The normalized spacial score (nSPS) is 12.0. The zero-order valence-electron chi connectivity index (χ0n) is 4.05. The lowest BCUT2D eigenvalue weighted by Gasteiger charge is -2.05. The third-order valence-electron chi connectivity index (χ3n) is 0.713. The van der Waals surface area contributed by atoms with E-state index in [1.54, 1.807) is 0 Å². The number of hydrogen-bond donors (Lipinski definition) is 0. The van der Waals surface area contributed by atoms with Crippen LogP contribution in [0.5, 0.6) is 0 Å². The van der Waals surface area contributed by atoms with E-state index in [4.69, 9.17) is 0 Å². The molecule has 0 bridgehead atoms.